The molecule has 3 bridgehead atoms. The molecule has 1 saturated carbocycles. The van der Waals surface area contributed by atoms with Gasteiger partial charge in [-0.1, -0.05) is 48.9 Å². The van der Waals surface area contributed by atoms with Crippen LogP contribution in [0.3, 0.4) is 0 Å². The summed E-state index contributed by atoms with van der Waals surface area (Å²) in [5.74, 6) is 1.20. The van der Waals surface area contributed by atoms with Gasteiger partial charge in [-0.15, -0.1) is 0 Å². The Bertz CT molecular complexity index is 2760. The molecule has 354 valence electrons. The number of carbonyl (C=O) groups is 4. The lowest BCUT2D eigenvalue weighted by Crippen LogP contribution is -3.09. The van der Waals surface area contributed by atoms with Crippen LogP contribution in [0.4, 0.5) is 5.69 Å². The van der Waals surface area contributed by atoms with Crippen molar-refractivity contribution in [3.8, 4) is 23.3 Å². The maximum absolute atomic E-state index is 15.0. The molecule has 2 fully saturated rings. The van der Waals surface area contributed by atoms with Crippen LogP contribution >= 0.6 is 0 Å². The second-order valence-corrected chi connectivity index (χ2v) is 18.4. The smallest absolute Gasteiger partial charge is 0.284 e. The van der Waals surface area contributed by atoms with Crippen molar-refractivity contribution >= 4 is 47.0 Å². The SMILES string of the molecule is N=C1N=C2C(=NC[NH+]2c2ccccc2C2c3cc4c(c(OCC(O)CC=O)c3OC3OC5C6(CCCC6)OCC2CCC(O)CC#CC5(O)C(O)C3O)C(=O)c2cc(CO)ccc2C4=O)C(=O)N1. The highest BCUT2D eigenvalue weighted by atomic mass is 16.7. The Morgan fingerprint density at radius 1 is 1.01 bits per heavy atom. The van der Waals surface area contributed by atoms with E-state index in [9.17, 15) is 49.8 Å². The number of fused-ring (bicyclic) bond motifs is 7. The monoisotopic (exact) mass is 932 g/mol. The topological polar surface area (TPSA) is 292 Å². The van der Waals surface area contributed by atoms with E-state index in [1.165, 1.54) is 24.3 Å². The van der Waals surface area contributed by atoms with Gasteiger partial charge in [-0.05, 0) is 61.4 Å². The first-order chi connectivity index (χ1) is 32.8. The number of ketones is 2. The van der Waals surface area contributed by atoms with Crippen molar-refractivity contribution in [1.29, 1.82) is 5.41 Å². The van der Waals surface area contributed by atoms with Crippen molar-refractivity contribution in [2.24, 2.45) is 15.9 Å². The van der Waals surface area contributed by atoms with Gasteiger partial charge in [-0.2, -0.15) is 4.99 Å². The fourth-order valence-corrected chi connectivity index (χ4v) is 10.9. The number of aliphatic hydroxyl groups is 6. The molecular formula is C49H50N5O14+. The summed E-state index contributed by atoms with van der Waals surface area (Å²) in [6.45, 7) is -1.14. The lowest BCUT2D eigenvalue weighted by molar-refractivity contribution is -0.723. The third-order valence-electron chi connectivity index (χ3n) is 14.3. The zero-order valence-corrected chi connectivity index (χ0v) is 36.6. The first kappa shape index (κ1) is 45.7. The molecule has 10 rings (SSSR count). The van der Waals surface area contributed by atoms with Crippen LogP contribution in [0.25, 0.3) is 0 Å². The summed E-state index contributed by atoms with van der Waals surface area (Å²) >= 11 is 0. The highest BCUT2D eigenvalue weighted by Crippen LogP contribution is 2.53. The molecule has 0 aromatic heterocycles. The fraction of sp³-hybridized carbons (Fsp3) is 0.449. The Balaban J connectivity index is 1.28. The number of amidine groups is 1. The molecular weight excluding hydrogens is 883 g/mol. The number of aliphatic imine (C=N–C) groups is 2. The summed E-state index contributed by atoms with van der Waals surface area (Å²) < 4.78 is 27.0. The van der Waals surface area contributed by atoms with E-state index in [1.54, 1.807) is 18.2 Å². The number of guanidine groups is 1. The highest BCUT2D eigenvalue weighted by molar-refractivity contribution is 6.68. The summed E-state index contributed by atoms with van der Waals surface area (Å²) in [5, 5.41) is 79.9. The molecule has 10 atom stereocenters. The molecule has 0 radical (unpaired) electrons. The minimum atomic E-state index is -2.46. The third-order valence-corrected chi connectivity index (χ3v) is 14.3. The second kappa shape index (κ2) is 17.8. The predicted octanol–water partition coefficient (Wildman–Crippen LogP) is -0.130. The van der Waals surface area contributed by atoms with Gasteiger partial charge in [-0.25, -0.2) is 9.89 Å². The molecule has 1 spiro atoms. The van der Waals surface area contributed by atoms with Crippen LogP contribution < -0.4 is 19.7 Å². The predicted molar refractivity (Wildman–Crippen MR) is 237 cm³/mol. The van der Waals surface area contributed by atoms with Gasteiger partial charge >= 0.3 is 0 Å². The number of amides is 1. The van der Waals surface area contributed by atoms with E-state index in [4.69, 9.17) is 24.4 Å². The van der Waals surface area contributed by atoms with E-state index in [2.05, 4.69) is 27.1 Å². The van der Waals surface area contributed by atoms with Gasteiger partial charge in [0.1, 0.15) is 36.9 Å². The number of para-hydroxylation sites is 1. The van der Waals surface area contributed by atoms with Gasteiger partial charge in [0.25, 0.3) is 11.7 Å². The zero-order valence-electron chi connectivity index (χ0n) is 36.6. The lowest BCUT2D eigenvalue weighted by Gasteiger charge is -2.51. The number of aldehydes is 1. The number of ether oxygens (including phenoxy) is 4. The normalized spacial score (nSPS) is 30.7. The molecule has 3 aromatic rings. The average Bonchev–Trinajstić information content (AvgIpc) is 3.99. The number of benzene rings is 3. The highest BCUT2D eigenvalue weighted by Gasteiger charge is 2.64. The maximum atomic E-state index is 15.0. The van der Waals surface area contributed by atoms with Gasteiger partial charge in [0.15, 0.2) is 35.3 Å². The van der Waals surface area contributed by atoms with E-state index in [1.807, 2.05) is 6.07 Å². The second-order valence-electron chi connectivity index (χ2n) is 18.4. The van der Waals surface area contributed by atoms with Crippen LogP contribution in [-0.2, 0) is 25.7 Å². The molecule has 19 heteroatoms. The Kier molecular flexibility index (Phi) is 12.0. The third kappa shape index (κ3) is 7.56. The average molecular weight is 933 g/mol. The fourth-order valence-electron chi connectivity index (χ4n) is 10.9. The Morgan fingerprint density at radius 2 is 1.81 bits per heavy atom. The quantitative estimate of drug-likeness (QED) is 0.0823. The van der Waals surface area contributed by atoms with Crippen molar-refractivity contribution in [3.63, 3.8) is 0 Å². The summed E-state index contributed by atoms with van der Waals surface area (Å²) in [4.78, 5) is 64.1. The minimum Gasteiger partial charge on any atom is -0.486 e. The molecule has 3 aromatic carbocycles. The van der Waals surface area contributed by atoms with E-state index < -0.39 is 90.5 Å². The van der Waals surface area contributed by atoms with Gasteiger partial charge in [0.05, 0.1) is 36.6 Å². The molecule has 1 amide bonds. The Morgan fingerprint density at radius 3 is 2.59 bits per heavy atom. The van der Waals surface area contributed by atoms with Crippen LogP contribution in [0, 0.1) is 23.2 Å². The molecule has 9 N–H and O–H groups in total. The van der Waals surface area contributed by atoms with Gasteiger partial charge in [-0.3, -0.25) is 25.1 Å². The first-order valence-electron chi connectivity index (χ1n) is 22.8. The van der Waals surface area contributed by atoms with Crippen LogP contribution in [0.1, 0.15) is 106 Å². The minimum absolute atomic E-state index is 0.00333. The molecule has 7 aliphatic rings. The molecule has 5 heterocycles. The number of nitrogens with zero attached hydrogens (tertiary/aromatic N) is 2. The number of hydrogen-bond acceptors (Lipinski definition) is 16. The number of carbonyl (C=O) groups excluding carboxylic acids is 4. The van der Waals surface area contributed by atoms with E-state index >= 15 is 0 Å². The van der Waals surface area contributed by atoms with E-state index in [0.29, 0.717) is 53.7 Å². The summed E-state index contributed by atoms with van der Waals surface area (Å²) in [7, 11) is 0. The van der Waals surface area contributed by atoms with Crippen molar-refractivity contribution in [2.75, 3.05) is 19.9 Å². The van der Waals surface area contributed by atoms with Crippen molar-refractivity contribution in [3.05, 3.63) is 87.5 Å². The molecule has 5 aliphatic heterocycles. The molecule has 10 unspecified atom stereocenters. The van der Waals surface area contributed by atoms with Crippen molar-refractivity contribution < 1.29 is 73.7 Å². The molecule has 68 heavy (non-hydrogen) atoms. The van der Waals surface area contributed by atoms with Crippen molar-refractivity contribution in [1.82, 2.24) is 5.32 Å². The number of nitrogens with one attached hydrogen (secondary N) is 3. The van der Waals surface area contributed by atoms with Crippen LogP contribution in [0.5, 0.6) is 11.5 Å². The van der Waals surface area contributed by atoms with Crippen LogP contribution in [-0.4, -0.2) is 140 Å². The standard InChI is InChI=1S/C49H49N5O14/c50-47-52-43-36(44(63)53-47)51-23-54(43)33-8-2-1-7-29(33)34-25-10-11-26(57)6-5-16-49(64)42(62)39(61)45(68-46(49)48(66-21-25)14-3-4-15-48)67-40-32(34)19-31-35(41(40)65-22-27(58)13-17-55)38(60)30-18-24(20-56)9-12-28(30)37(31)59/h1-2,7-9,12,17-19,25-27,34,39,42,45-46,56-58,61-62,64H,3-4,6,10-11,13-15,20-23H2,(H2,50,53,63)/p+1. The van der Waals surface area contributed by atoms with Crippen LogP contribution in [0.15, 0.2) is 58.5 Å². The number of aliphatic hydroxyl groups excluding tert-OH is 5. The Hall–Kier alpha value is -6.05. The molecule has 2 aliphatic carbocycles. The summed E-state index contributed by atoms with van der Waals surface area (Å²) in [6.07, 6.45) is -7.53. The molecule has 19 nitrogen and oxygen atoms in total. The number of rotatable bonds is 8. The Labute approximate surface area is 388 Å². The summed E-state index contributed by atoms with van der Waals surface area (Å²) in [5.41, 5.74) is -2.57. The van der Waals surface area contributed by atoms with Crippen molar-refractivity contribution in [2.45, 2.75) is 112 Å². The largest absolute Gasteiger partial charge is 0.486 e. The first-order valence-corrected chi connectivity index (χ1v) is 22.8. The molecule has 1 saturated heterocycles. The zero-order chi connectivity index (χ0) is 47.6. The number of hydrogen-bond donors (Lipinski definition) is 9. The number of quaternary nitrogens is 1. The maximum Gasteiger partial charge on any atom is 0.284 e. The van der Waals surface area contributed by atoms with E-state index in [-0.39, 0.29) is 95.8 Å². The van der Waals surface area contributed by atoms with E-state index in [0.717, 1.165) is 0 Å². The lowest BCUT2D eigenvalue weighted by atomic mass is 9.73. The van der Waals surface area contributed by atoms with Gasteiger partial charge in [0.2, 0.25) is 18.0 Å². The van der Waals surface area contributed by atoms with Crippen LogP contribution in [0.2, 0.25) is 0 Å². The summed E-state index contributed by atoms with van der Waals surface area (Å²) in [6, 6.07) is 13.0. The van der Waals surface area contributed by atoms with Gasteiger partial charge in [0, 0.05) is 46.6 Å². The van der Waals surface area contributed by atoms with Gasteiger partial charge < -0.3 is 54.4 Å².